The molecular weight excluding hydrogens is 196 g/mol. The molecule has 0 aliphatic heterocycles. The van der Waals surface area contributed by atoms with Crippen molar-refractivity contribution < 1.29 is 4.79 Å². The molecular formula is C9H14N4O2. The molecule has 1 aromatic rings. The number of nitrogens with zero attached hydrogens (tertiary/aromatic N) is 3. The molecule has 1 N–H and O–H groups in total. The van der Waals surface area contributed by atoms with E-state index >= 15 is 0 Å². The third-order valence-electron chi connectivity index (χ3n) is 1.94. The topological polar surface area (TPSA) is 67.2 Å². The molecule has 0 radical (unpaired) electrons. The smallest absolute Gasteiger partial charge is 0.269 e. The van der Waals surface area contributed by atoms with Gasteiger partial charge in [0.05, 0.1) is 11.9 Å². The van der Waals surface area contributed by atoms with Crippen LogP contribution in [0.5, 0.6) is 0 Å². The maximum Gasteiger partial charge on any atom is 0.269 e. The Morgan fingerprint density at radius 1 is 1.60 bits per heavy atom. The maximum absolute atomic E-state index is 11.4. The van der Waals surface area contributed by atoms with E-state index in [4.69, 9.17) is 0 Å². The number of anilines is 1. The van der Waals surface area contributed by atoms with Gasteiger partial charge in [0.25, 0.3) is 5.56 Å². The minimum Gasteiger partial charge on any atom is -0.387 e. The first kappa shape index (κ1) is 11.2. The number of rotatable bonds is 3. The molecule has 0 aromatic carbocycles. The summed E-state index contributed by atoms with van der Waals surface area (Å²) in [4.78, 5) is 24.2. The number of amides is 1. The zero-order chi connectivity index (χ0) is 11.4. The molecule has 6 heteroatoms. The Labute approximate surface area is 87.5 Å². The second kappa shape index (κ2) is 4.59. The van der Waals surface area contributed by atoms with E-state index in [9.17, 15) is 9.59 Å². The van der Waals surface area contributed by atoms with Crippen molar-refractivity contribution in [2.75, 3.05) is 26.5 Å². The summed E-state index contributed by atoms with van der Waals surface area (Å²) < 4.78 is 1.13. The van der Waals surface area contributed by atoms with Gasteiger partial charge < -0.3 is 10.2 Å². The molecule has 0 unspecified atom stereocenters. The van der Waals surface area contributed by atoms with Gasteiger partial charge in [-0.15, -0.1) is 0 Å². The van der Waals surface area contributed by atoms with Crippen LogP contribution < -0.4 is 10.9 Å². The molecule has 1 heterocycles. The quantitative estimate of drug-likeness (QED) is 0.721. The molecule has 82 valence electrons. The van der Waals surface area contributed by atoms with Crippen molar-refractivity contribution >= 4 is 11.6 Å². The average molecular weight is 210 g/mol. The molecule has 15 heavy (non-hydrogen) atoms. The van der Waals surface area contributed by atoms with Gasteiger partial charge in [0, 0.05) is 27.2 Å². The van der Waals surface area contributed by atoms with E-state index in [1.54, 1.807) is 21.1 Å². The highest BCUT2D eigenvalue weighted by atomic mass is 16.2. The van der Waals surface area contributed by atoms with Crippen LogP contribution in [-0.4, -0.2) is 41.7 Å². The lowest BCUT2D eigenvalue weighted by Gasteiger charge is -2.10. The van der Waals surface area contributed by atoms with Crippen molar-refractivity contribution in [1.82, 2.24) is 14.7 Å². The summed E-state index contributed by atoms with van der Waals surface area (Å²) in [5.41, 5.74) is 0.339. The Morgan fingerprint density at radius 2 is 2.27 bits per heavy atom. The van der Waals surface area contributed by atoms with Crippen LogP contribution in [0, 0.1) is 0 Å². The van der Waals surface area contributed by atoms with Gasteiger partial charge in [-0.2, -0.15) is 5.10 Å². The molecule has 6 nitrogen and oxygen atoms in total. The summed E-state index contributed by atoms with van der Waals surface area (Å²) in [6, 6.07) is 1.40. The van der Waals surface area contributed by atoms with E-state index in [1.165, 1.54) is 17.2 Å². The minimum atomic E-state index is -0.294. The van der Waals surface area contributed by atoms with Crippen LogP contribution in [0.1, 0.15) is 0 Å². The summed E-state index contributed by atoms with van der Waals surface area (Å²) in [7, 11) is 4.97. The Bertz CT molecular complexity index is 411. The van der Waals surface area contributed by atoms with Crippen LogP contribution in [-0.2, 0) is 11.3 Å². The fourth-order valence-corrected chi connectivity index (χ4v) is 0.959. The molecule has 0 saturated heterocycles. The van der Waals surface area contributed by atoms with E-state index < -0.39 is 0 Å². The monoisotopic (exact) mass is 210 g/mol. The molecule has 0 aliphatic rings. The van der Waals surface area contributed by atoms with Gasteiger partial charge in [-0.05, 0) is 0 Å². The summed E-state index contributed by atoms with van der Waals surface area (Å²) in [5.74, 6) is -0.165. The number of likely N-dealkylation sites (N-methyl/N-ethyl adjacent to an activating group) is 1. The van der Waals surface area contributed by atoms with Crippen molar-refractivity contribution in [3.05, 3.63) is 22.6 Å². The summed E-state index contributed by atoms with van der Waals surface area (Å²) in [5, 5.41) is 6.67. The van der Waals surface area contributed by atoms with Crippen LogP contribution in [0.15, 0.2) is 17.1 Å². The van der Waals surface area contributed by atoms with Crippen molar-refractivity contribution in [2.24, 2.45) is 0 Å². The lowest BCUT2D eigenvalue weighted by atomic mass is 10.4. The van der Waals surface area contributed by atoms with E-state index in [1.807, 2.05) is 0 Å². The van der Waals surface area contributed by atoms with Gasteiger partial charge in [-0.1, -0.05) is 0 Å². The third kappa shape index (κ3) is 2.80. The van der Waals surface area contributed by atoms with E-state index in [2.05, 4.69) is 10.4 Å². The number of nitrogens with one attached hydrogen (secondary N) is 1. The lowest BCUT2D eigenvalue weighted by molar-refractivity contribution is -0.129. The molecule has 0 fully saturated rings. The molecule has 1 amide bonds. The number of hydrogen-bond donors (Lipinski definition) is 1. The normalized spacial score (nSPS) is 9.80. The highest BCUT2D eigenvalue weighted by Crippen LogP contribution is 1.96. The summed E-state index contributed by atoms with van der Waals surface area (Å²) in [6.07, 6.45) is 1.50. The number of carbonyl (C=O) groups excluding carboxylic acids is 1. The Hall–Kier alpha value is -1.85. The number of hydrogen-bond acceptors (Lipinski definition) is 4. The van der Waals surface area contributed by atoms with Gasteiger partial charge in [-0.25, -0.2) is 4.68 Å². The van der Waals surface area contributed by atoms with Crippen molar-refractivity contribution in [2.45, 2.75) is 6.54 Å². The zero-order valence-electron chi connectivity index (χ0n) is 9.02. The molecule has 1 aromatic heterocycles. The molecule has 0 atom stereocenters. The van der Waals surface area contributed by atoms with Gasteiger partial charge in [0.1, 0.15) is 6.54 Å². The second-order valence-electron chi connectivity index (χ2n) is 3.28. The van der Waals surface area contributed by atoms with Crippen molar-refractivity contribution in [1.29, 1.82) is 0 Å². The Morgan fingerprint density at radius 3 is 2.73 bits per heavy atom. The first-order chi connectivity index (χ1) is 7.04. The highest BCUT2D eigenvalue weighted by Gasteiger charge is 2.07. The standard InChI is InChI=1S/C9H14N4O2/c1-10-7-4-8(14)13(11-5-7)6-9(15)12(2)3/h4-5,10H,6H2,1-3H3. The van der Waals surface area contributed by atoms with Crippen molar-refractivity contribution in [3.63, 3.8) is 0 Å². The van der Waals surface area contributed by atoms with E-state index in [0.717, 1.165) is 4.68 Å². The van der Waals surface area contributed by atoms with Crippen LogP contribution in [0.2, 0.25) is 0 Å². The molecule has 0 bridgehead atoms. The van der Waals surface area contributed by atoms with E-state index in [-0.39, 0.29) is 18.0 Å². The average Bonchev–Trinajstić information content (AvgIpc) is 2.20. The third-order valence-corrected chi connectivity index (χ3v) is 1.94. The Balaban J connectivity index is 2.88. The SMILES string of the molecule is CNc1cnn(CC(=O)N(C)C)c(=O)c1. The lowest BCUT2D eigenvalue weighted by Crippen LogP contribution is -2.32. The predicted octanol–water partition coefficient (Wildman–Crippen LogP) is -0.627. The van der Waals surface area contributed by atoms with Crippen LogP contribution in [0.25, 0.3) is 0 Å². The predicted molar refractivity (Wildman–Crippen MR) is 56.7 cm³/mol. The van der Waals surface area contributed by atoms with Crippen LogP contribution >= 0.6 is 0 Å². The highest BCUT2D eigenvalue weighted by molar-refractivity contribution is 5.75. The summed E-state index contributed by atoms with van der Waals surface area (Å²) in [6.45, 7) is -0.0319. The van der Waals surface area contributed by atoms with E-state index in [0.29, 0.717) is 5.69 Å². The Kier molecular flexibility index (Phi) is 3.43. The fraction of sp³-hybridized carbons (Fsp3) is 0.444. The molecule has 0 aliphatic carbocycles. The van der Waals surface area contributed by atoms with Crippen molar-refractivity contribution in [3.8, 4) is 0 Å². The molecule has 0 saturated carbocycles. The first-order valence-corrected chi connectivity index (χ1v) is 4.49. The largest absolute Gasteiger partial charge is 0.387 e. The molecule has 0 spiro atoms. The zero-order valence-corrected chi connectivity index (χ0v) is 9.02. The van der Waals surface area contributed by atoms with Crippen LogP contribution in [0.4, 0.5) is 5.69 Å². The number of carbonyl (C=O) groups is 1. The fourth-order valence-electron chi connectivity index (χ4n) is 0.959. The summed E-state index contributed by atoms with van der Waals surface area (Å²) >= 11 is 0. The maximum atomic E-state index is 11.4. The van der Waals surface area contributed by atoms with Crippen LogP contribution in [0.3, 0.4) is 0 Å². The van der Waals surface area contributed by atoms with Gasteiger partial charge in [-0.3, -0.25) is 9.59 Å². The van der Waals surface area contributed by atoms with Gasteiger partial charge in [0.2, 0.25) is 5.91 Å². The first-order valence-electron chi connectivity index (χ1n) is 4.49. The van der Waals surface area contributed by atoms with Gasteiger partial charge in [0.15, 0.2) is 0 Å². The number of aromatic nitrogens is 2. The second-order valence-corrected chi connectivity index (χ2v) is 3.28. The van der Waals surface area contributed by atoms with Gasteiger partial charge >= 0.3 is 0 Å². The minimum absolute atomic E-state index is 0.0319. The molecule has 1 rings (SSSR count).